The van der Waals surface area contributed by atoms with Crippen LogP contribution in [0.25, 0.3) is 0 Å². The van der Waals surface area contributed by atoms with Gasteiger partial charge in [-0.05, 0) is 37.6 Å². The minimum atomic E-state index is 0. The average molecular weight is 258 g/mol. The number of rotatable bonds is 8. The molecule has 0 aliphatic heterocycles. The van der Waals surface area contributed by atoms with Crippen molar-refractivity contribution in [1.29, 1.82) is 0 Å². The molecular weight excluding hydrogens is 234 g/mol. The van der Waals surface area contributed by atoms with Crippen LogP contribution >= 0.6 is 12.4 Å². The van der Waals surface area contributed by atoms with Gasteiger partial charge in [0.15, 0.2) is 0 Å². The van der Waals surface area contributed by atoms with Gasteiger partial charge in [0.2, 0.25) is 0 Å². The summed E-state index contributed by atoms with van der Waals surface area (Å²) in [6.45, 7) is 7.03. The van der Waals surface area contributed by atoms with Crippen molar-refractivity contribution in [3.8, 4) is 5.75 Å². The SMILES string of the molecule is CCCCCNCc1ccc(OCC)cc1.Cl. The molecule has 0 aromatic heterocycles. The Bertz CT molecular complexity index is 274. The van der Waals surface area contributed by atoms with E-state index in [1.54, 1.807) is 0 Å². The third-order valence-electron chi connectivity index (χ3n) is 2.52. The van der Waals surface area contributed by atoms with Gasteiger partial charge in [-0.25, -0.2) is 0 Å². The van der Waals surface area contributed by atoms with Crippen LogP contribution in [0, 0.1) is 0 Å². The van der Waals surface area contributed by atoms with Gasteiger partial charge in [-0.15, -0.1) is 12.4 Å². The third kappa shape index (κ3) is 7.24. The fraction of sp³-hybridized carbons (Fsp3) is 0.571. The molecule has 1 aromatic rings. The second kappa shape index (κ2) is 10.4. The van der Waals surface area contributed by atoms with Gasteiger partial charge in [0.1, 0.15) is 5.75 Å². The molecule has 0 amide bonds. The van der Waals surface area contributed by atoms with Crippen LogP contribution in [0.4, 0.5) is 0 Å². The van der Waals surface area contributed by atoms with E-state index in [-0.39, 0.29) is 12.4 Å². The Labute approximate surface area is 111 Å². The maximum absolute atomic E-state index is 5.40. The summed E-state index contributed by atoms with van der Waals surface area (Å²) >= 11 is 0. The first kappa shape index (κ1) is 16.3. The number of nitrogens with one attached hydrogen (secondary N) is 1. The molecule has 98 valence electrons. The van der Waals surface area contributed by atoms with Crippen LogP contribution in [0.1, 0.15) is 38.7 Å². The Morgan fingerprint density at radius 3 is 2.35 bits per heavy atom. The first-order valence-corrected chi connectivity index (χ1v) is 6.29. The molecule has 1 aromatic carbocycles. The number of hydrogen-bond donors (Lipinski definition) is 1. The van der Waals surface area contributed by atoms with Gasteiger partial charge in [0.25, 0.3) is 0 Å². The van der Waals surface area contributed by atoms with Crippen molar-refractivity contribution < 1.29 is 4.74 Å². The monoisotopic (exact) mass is 257 g/mol. The summed E-state index contributed by atoms with van der Waals surface area (Å²) < 4.78 is 5.40. The molecule has 1 rings (SSSR count). The summed E-state index contributed by atoms with van der Waals surface area (Å²) in [6.07, 6.45) is 3.87. The zero-order valence-corrected chi connectivity index (χ0v) is 11.7. The molecule has 0 unspecified atom stereocenters. The van der Waals surface area contributed by atoms with Crippen molar-refractivity contribution in [2.45, 2.75) is 39.7 Å². The zero-order chi connectivity index (χ0) is 11.6. The van der Waals surface area contributed by atoms with Crippen LogP contribution in [0.15, 0.2) is 24.3 Å². The highest BCUT2D eigenvalue weighted by Crippen LogP contribution is 2.11. The molecule has 3 heteroatoms. The molecule has 0 saturated carbocycles. The Morgan fingerprint density at radius 2 is 1.76 bits per heavy atom. The van der Waals surface area contributed by atoms with Crippen molar-refractivity contribution in [3.05, 3.63) is 29.8 Å². The largest absolute Gasteiger partial charge is 0.494 e. The van der Waals surface area contributed by atoms with Crippen LogP contribution < -0.4 is 10.1 Å². The molecule has 17 heavy (non-hydrogen) atoms. The fourth-order valence-electron chi connectivity index (χ4n) is 1.60. The molecule has 1 N–H and O–H groups in total. The first-order valence-electron chi connectivity index (χ1n) is 6.29. The van der Waals surface area contributed by atoms with E-state index in [0.29, 0.717) is 0 Å². The molecule has 0 heterocycles. The van der Waals surface area contributed by atoms with Gasteiger partial charge >= 0.3 is 0 Å². The molecule has 0 bridgehead atoms. The molecule has 0 aliphatic rings. The predicted molar refractivity (Wildman–Crippen MR) is 76.1 cm³/mol. The van der Waals surface area contributed by atoms with E-state index in [1.165, 1.54) is 24.8 Å². The van der Waals surface area contributed by atoms with E-state index in [0.717, 1.165) is 25.4 Å². The lowest BCUT2D eigenvalue weighted by molar-refractivity contribution is 0.340. The first-order chi connectivity index (χ1) is 7.86. The lowest BCUT2D eigenvalue weighted by Gasteiger charge is -2.06. The van der Waals surface area contributed by atoms with E-state index in [9.17, 15) is 0 Å². The lowest BCUT2D eigenvalue weighted by Crippen LogP contribution is -2.14. The van der Waals surface area contributed by atoms with Crippen molar-refractivity contribution in [3.63, 3.8) is 0 Å². The van der Waals surface area contributed by atoms with Crippen LogP contribution in [-0.4, -0.2) is 13.2 Å². The molecule has 0 saturated heterocycles. The van der Waals surface area contributed by atoms with E-state index in [2.05, 4.69) is 24.4 Å². The maximum Gasteiger partial charge on any atom is 0.119 e. The van der Waals surface area contributed by atoms with E-state index in [1.807, 2.05) is 19.1 Å². The second-order valence-corrected chi connectivity index (χ2v) is 3.96. The van der Waals surface area contributed by atoms with E-state index < -0.39 is 0 Å². The summed E-state index contributed by atoms with van der Waals surface area (Å²) in [6, 6.07) is 8.31. The normalized spacial score (nSPS) is 9.76. The summed E-state index contributed by atoms with van der Waals surface area (Å²) in [5.41, 5.74) is 1.32. The number of benzene rings is 1. The summed E-state index contributed by atoms with van der Waals surface area (Å²) in [5, 5.41) is 3.45. The van der Waals surface area contributed by atoms with Crippen LogP contribution in [0.2, 0.25) is 0 Å². The van der Waals surface area contributed by atoms with Crippen LogP contribution in [0.3, 0.4) is 0 Å². The quantitative estimate of drug-likeness (QED) is 0.716. The number of ether oxygens (including phenoxy) is 1. The molecular formula is C14H24ClNO. The lowest BCUT2D eigenvalue weighted by atomic mass is 10.2. The topological polar surface area (TPSA) is 21.3 Å². The highest BCUT2D eigenvalue weighted by Gasteiger charge is 1.94. The summed E-state index contributed by atoms with van der Waals surface area (Å²) in [7, 11) is 0. The number of unbranched alkanes of at least 4 members (excludes halogenated alkanes) is 2. The molecule has 2 nitrogen and oxygen atoms in total. The molecule has 0 aliphatic carbocycles. The van der Waals surface area contributed by atoms with Gasteiger partial charge in [-0.3, -0.25) is 0 Å². The van der Waals surface area contributed by atoms with Gasteiger partial charge in [0.05, 0.1) is 6.61 Å². The summed E-state index contributed by atoms with van der Waals surface area (Å²) in [4.78, 5) is 0. The van der Waals surface area contributed by atoms with Gasteiger partial charge in [-0.1, -0.05) is 31.9 Å². The second-order valence-electron chi connectivity index (χ2n) is 3.96. The third-order valence-corrected chi connectivity index (χ3v) is 2.52. The van der Waals surface area contributed by atoms with Crippen LogP contribution in [0.5, 0.6) is 5.75 Å². The van der Waals surface area contributed by atoms with E-state index in [4.69, 9.17) is 4.74 Å². The highest BCUT2D eigenvalue weighted by molar-refractivity contribution is 5.85. The van der Waals surface area contributed by atoms with Gasteiger partial charge in [-0.2, -0.15) is 0 Å². The van der Waals surface area contributed by atoms with Crippen molar-refractivity contribution in [2.24, 2.45) is 0 Å². The molecule has 0 fully saturated rings. The Hall–Kier alpha value is -0.730. The number of hydrogen-bond acceptors (Lipinski definition) is 2. The minimum absolute atomic E-state index is 0. The predicted octanol–water partition coefficient (Wildman–Crippen LogP) is 3.79. The Morgan fingerprint density at radius 1 is 1.06 bits per heavy atom. The van der Waals surface area contributed by atoms with Crippen LogP contribution in [-0.2, 0) is 6.54 Å². The molecule has 0 atom stereocenters. The Balaban J connectivity index is 0.00000256. The highest BCUT2D eigenvalue weighted by atomic mass is 35.5. The van der Waals surface area contributed by atoms with Crippen molar-refractivity contribution in [1.82, 2.24) is 5.32 Å². The maximum atomic E-state index is 5.40. The van der Waals surface area contributed by atoms with Gasteiger partial charge in [0, 0.05) is 6.54 Å². The van der Waals surface area contributed by atoms with Crippen molar-refractivity contribution in [2.75, 3.05) is 13.2 Å². The molecule has 0 spiro atoms. The zero-order valence-electron chi connectivity index (χ0n) is 10.9. The molecule has 0 radical (unpaired) electrons. The van der Waals surface area contributed by atoms with E-state index >= 15 is 0 Å². The Kier molecular flexibility index (Phi) is 9.98. The van der Waals surface area contributed by atoms with Crippen molar-refractivity contribution >= 4 is 12.4 Å². The summed E-state index contributed by atoms with van der Waals surface area (Å²) in [5.74, 6) is 0.956. The standard InChI is InChI=1S/C14H23NO.ClH/c1-3-5-6-11-15-12-13-7-9-14(10-8-13)16-4-2;/h7-10,15H,3-6,11-12H2,1-2H3;1H. The fourth-order valence-corrected chi connectivity index (χ4v) is 1.60. The number of halogens is 1. The van der Waals surface area contributed by atoms with Gasteiger partial charge < -0.3 is 10.1 Å². The minimum Gasteiger partial charge on any atom is -0.494 e. The smallest absolute Gasteiger partial charge is 0.119 e. The average Bonchev–Trinajstić information content (AvgIpc) is 2.31.